The molecule has 11 heteroatoms. The van der Waals surface area contributed by atoms with Crippen LogP contribution < -0.4 is 14.3 Å². The van der Waals surface area contributed by atoms with Crippen molar-refractivity contribution in [2.45, 2.75) is 31.7 Å². The number of para-hydroxylation sites is 1. The first kappa shape index (κ1) is 26.5. The number of aryl methyl sites for hydroxylation is 2. The van der Waals surface area contributed by atoms with Crippen LogP contribution in [0.2, 0.25) is 5.02 Å². The number of nitrogens with one attached hydrogen (secondary N) is 2. The number of anilines is 3. The number of rotatable bonds is 8. The number of hydrogen-bond acceptors (Lipinski definition) is 5. The summed E-state index contributed by atoms with van der Waals surface area (Å²) >= 11 is 6.06. The Hall–Kier alpha value is -3.08. The third kappa shape index (κ3) is 6.33. The summed E-state index contributed by atoms with van der Waals surface area (Å²) in [7, 11) is -7.66. The van der Waals surface area contributed by atoms with Crippen molar-refractivity contribution in [1.29, 1.82) is 0 Å². The lowest BCUT2D eigenvalue weighted by Gasteiger charge is -2.29. The van der Waals surface area contributed by atoms with Crippen LogP contribution in [0.3, 0.4) is 0 Å². The summed E-state index contributed by atoms with van der Waals surface area (Å²) in [5.41, 5.74) is 2.49. The maximum absolute atomic E-state index is 12.9. The van der Waals surface area contributed by atoms with Gasteiger partial charge in [0, 0.05) is 10.7 Å². The summed E-state index contributed by atoms with van der Waals surface area (Å²) in [6.07, 6.45) is 1.01. The fourth-order valence-electron chi connectivity index (χ4n) is 3.46. The van der Waals surface area contributed by atoms with Crippen molar-refractivity contribution in [1.82, 2.24) is 0 Å². The topological polar surface area (TPSA) is 113 Å². The Bertz CT molecular complexity index is 1460. The molecule has 0 fully saturated rings. The van der Waals surface area contributed by atoms with E-state index in [2.05, 4.69) is 10.0 Å². The summed E-state index contributed by atoms with van der Waals surface area (Å²) in [5, 5.41) is 2.98. The normalized spacial score (nSPS) is 12.6. The molecule has 3 aromatic rings. The van der Waals surface area contributed by atoms with Gasteiger partial charge in [-0.25, -0.2) is 16.8 Å². The van der Waals surface area contributed by atoms with Gasteiger partial charge in [-0.1, -0.05) is 35.9 Å². The van der Waals surface area contributed by atoms with E-state index < -0.39 is 32.0 Å². The Labute approximate surface area is 211 Å². The van der Waals surface area contributed by atoms with Gasteiger partial charge in [-0.2, -0.15) is 0 Å². The van der Waals surface area contributed by atoms with E-state index in [1.807, 2.05) is 6.07 Å². The van der Waals surface area contributed by atoms with Crippen molar-refractivity contribution >= 4 is 54.6 Å². The Kier molecular flexibility index (Phi) is 7.78. The molecule has 0 aliphatic heterocycles. The molecule has 0 unspecified atom stereocenters. The number of benzene rings is 3. The van der Waals surface area contributed by atoms with E-state index in [9.17, 15) is 21.6 Å². The number of halogens is 1. The van der Waals surface area contributed by atoms with Gasteiger partial charge in [0.1, 0.15) is 6.04 Å². The molecular weight excluding hydrogens is 510 g/mol. The number of amides is 1. The van der Waals surface area contributed by atoms with Crippen LogP contribution >= 0.6 is 11.6 Å². The Balaban J connectivity index is 1.80. The number of nitrogens with zero attached hydrogens (tertiary/aromatic N) is 1. The lowest BCUT2D eigenvalue weighted by atomic mass is 10.1. The average molecular weight is 536 g/mol. The van der Waals surface area contributed by atoms with Gasteiger partial charge in [0.15, 0.2) is 0 Å². The minimum atomic E-state index is -3.84. The maximum atomic E-state index is 12.9. The lowest BCUT2D eigenvalue weighted by Crippen LogP contribution is -2.45. The van der Waals surface area contributed by atoms with Crippen molar-refractivity contribution in [3.63, 3.8) is 0 Å². The van der Waals surface area contributed by atoms with Crippen LogP contribution in [-0.2, 0) is 24.8 Å². The Morgan fingerprint density at radius 3 is 2.14 bits per heavy atom. The predicted molar refractivity (Wildman–Crippen MR) is 140 cm³/mol. The molecule has 0 spiro atoms. The summed E-state index contributed by atoms with van der Waals surface area (Å²) in [6, 6.07) is 16.3. The number of hydrogen-bond donors (Lipinski definition) is 2. The number of carbonyl (C=O) groups excluding carboxylic acids is 1. The highest BCUT2D eigenvalue weighted by Crippen LogP contribution is 2.29. The molecular formula is C24H26ClN3O5S2. The van der Waals surface area contributed by atoms with Crippen LogP contribution in [0.1, 0.15) is 18.1 Å². The molecule has 0 bridgehead atoms. The summed E-state index contributed by atoms with van der Waals surface area (Å²) < 4.78 is 54.1. The summed E-state index contributed by atoms with van der Waals surface area (Å²) in [5.74, 6) is -0.594. The van der Waals surface area contributed by atoms with Gasteiger partial charge in [0.05, 0.1) is 22.5 Å². The maximum Gasteiger partial charge on any atom is 0.261 e. The SMILES string of the molecule is Cc1ccccc1NS(=O)(=O)c1ccc(NC(=O)[C@@H](C)N(c2cc(Cl)ccc2C)S(C)(=O)=O)cc1. The molecule has 8 nitrogen and oxygen atoms in total. The van der Waals surface area contributed by atoms with Gasteiger partial charge >= 0.3 is 0 Å². The Morgan fingerprint density at radius 2 is 1.54 bits per heavy atom. The minimum Gasteiger partial charge on any atom is -0.324 e. The average Bonchev–Trinajstić information content (AvgIpc) is 2.77. The zero-order chi connectivity index (χ0) is 26.0. The smallest absolute Gasteiger partial charge is 0.261 e. The predicted octanol–water partition coefficient (Wildman–Crippen LogP) is 4.55. The first-order valence-electron chi connectivity index (χ1n) is 10.5. The molecule has 0 aromatic heterocycles. The van der Waals surface area contributed by atoms with Crippen LogP contribution in [-0.4, -0.2) is 35.0 Å². The highest BCUT2D eigenvalue weighted by atomic mass is 35.5. The highest BCUT2D eigenvalue weighted by molar-refractivity contribution is 7.92. The number of sulfonamides is 2. The van der Waals surface area contributed by atoms with Crippen LogP contribution in [0.15, 0.2) is 71.6 Å². The van der Waals surface area contributed by atoms with Crippen LogP contribution in [0.25, 0.3) is 0 Å². The van der Waals surface area contributed by atoms with E-state index >= 15 is 0 Å². The molecule has 0 radical (unpaired) electrons. The Morgan fingerprint density at radius 1 is 0.914 bits per heavy atom. The lowest BCUT2D eigenvalue weighted by molar-refractivity contribution is -0.116. The van der Waals surface area contributed by atoms with Crippen molar-refractivity contribution in [2.24, 2.45) is 0 Å². The first-order valence-corrected chi connectivity index (χ1v) is 14.3. The van der Waals surface area contributed by atoms with Crippen molar-refractivity contribution in [3.05, 3.63) is 82.9 Å². The molecule has 0 heterocycles. The molecule has 186 valence electrons. The van der Waals surface area contributed by atoms with E-state index in [1.165, 1.54) is 37.3 Å². The van der Waals surface area contributed by atoms with Crippen LogP contribution in [0.5, 0.6) is 0 Å². The molecule has 0 aliphatic rings. The van der Waals surface area contributed by atoms with Crippen molar-refractivity contribution < 1.29 is 21.6 Å². The zero-order valence-corrected chi connectivity index (χ0v) is 22.0. The van der Waals surface area contributed by atoms with E-state index in [0.29, 0.717) is 27.6 Å². The van der Waals surface area contributed by atoms with Gasteiger partial charge in [0.25, 0.3) is 10.0 Å². The second-order valence-electron chi connectivity index (χ2n) is 8.10. The summed E-state index contributed by atoms with van der Waals surface area (Å²) in [4.78, 5) is 13.0. The minimum absolute atomic E-state index is 0.0131. The van der Waals surface area contributed by atoms with E-state index in [4.69, 9.17) is 11.6 Å². The second kappa shape index (κ2) is 10.3. The van der Waals surface area contributed by atoms with Gasteiger partial charge in [-0.05, 0) is 74.4 Å². The molecule has 1 amide bonds. The third-order valence-corrected chi connectivity index (χ3v) is 8.16. The highest BCUT2D eigenvalue weighted by Gasteiger charge is 2.30. The largest absolute Gasteiger partial charge is 0.324 e. The molecule has 1 atom stereocenters. The first-order chi connectivity index (χ1) is 16.3. The molecule has 0 aliphatic carbocycles. The quantitative estimate of drug-likeness (QED) is 0.439. The second-order valence-corrected chi connectivity index (χ2v) is 12.1. The van der Waals surface area contributed by atoms with E-state index in [-0.39, 0.29) is 4.90 Å². The van der Waals surface area contributed by atoms with Crippen LogP contribution in [0, 0.1) is 13.8 Å². The van der Waals surface area contributed by atoms with Gasteiger partial charge in [0.2, 0.25) is 15.9 Å². The van der Waals surface area contributed by atoms with E-state index in [1.54, 1.807) is 44.2 Å². The summed E-state index contributed by atoms with van der Waals surface area (Å²) in [6.45, 7) is 4.97. The monoisotopic (exact) mass is 535 g/mol. The number of carbonyl (C=O) groups is 1. The molecule has 2 N–H and O–H groups in total. The fraction of sp³-hybridized carbons (Fsp3) is 0.208. The third-order valence-electron chi connectivity index (χ3n) is 5.32. The van der Waals surface area contributed by atoms with E-state index in [0.717, 1.165) is 16.1 Å². The molecule has 0 saturated heterocycles. The zero-order valence-electron chi connectivity index (χ0n) is 19.6. The molecule has 3 rings (SSSR count). The van der Waals surface area contributed by atoms with Gasteiger partial charge < -0.3 is 5.32 Å². The van der Waals surface area contributed by atoms with Crippen molar-refractivity contribution in [2.75, 3.05) is 20.6 Å². The standard InChI is InChI=1S/C24H26ClN3O5S2/c1-16-7-5-6-8-22(16)27-35(32,33)21-13-11-20(12-14-21)26-24(29)18(3)28(34(4,30)31)23-15-19(25)10-9-17(23)2/h5-15,18,27H,1-4H3,(H,26,29)/t18-/m1/s1. The fourth-order valence-corrected chi connectivity index (χ4v) is 5.98. The van der Waals surface area contributed by atoms with Crippen LogP contribution in [0.4, 0.5) is 17.1 Å². The molecule has 35 heavy (non-hydrogen) atoms. The van der Waals surface area contributed by atoms with Gasteiger partial charge in [-0.3, -0.25) is 13.8 Å². The van der Waals surface area contributed by atoms with Gasteiger partial charge in [-0.15, -0.1) is 0 Å². The molecule has 3 aromatic carbocycles. The molecule has 0 saturated carbocycles. The van der Waals surface area contributed by atoms with Crippen molar-refractivity contribution in [3.8, 4) is 0 Å².